The number of carboxylic acid groups (broad SMARTS) is 1. The van der Waals surface area contributed by atoms with Gasteiger partial charge in [0.15, 0.2) is 5.12 Å². The fourth-order valence-corrected chi connectivity index (χ4v) is 6.59. The summed E-state index contributed by atoms with van der Waals surface area (Å²) in [6.45, 7) is 7.13. The summed E-state index contributed by atoms with van der Waals surface area (Å²) >= 11 is 2.79. The number of aliphatic carboxylic acids is 1. The Kier molecular flexibility index (Phi) is 5.95. The Morgan fingerprint density at radius 3 is 2.33 bits per heavy atom. The number of nitrogens with zero attached hydrogens (tertiary/aromatic N) is 1. The molecule has 1 spiro atoms. The maximum Gasteiger partial charge on any atom is 0.327 e. The summed E-state index contributed by atoms with van der Waals surface area (Å²) in [6, 6.07) is -0.821. The van der Waals surface area contributed by atoms with Crippen LogP contribution in [0.5, 0.6) is 0 Å². The van der Waals surface area contributed by atoms with Gasteiger partial charge in [-0.15, -0.1) is 11.8 Å². The predicted molar refractivity (Wildman–Crippen MR) is 98.1 cm³/mol. The summed E-state index contributed by atoms with van der Waals surface area (Å²) in [5, 5.41) is 9.80. The lowest BCUT2D eigenvalue weighted by Gasteiger charge is -2.42. The van der Waals surface area contributed by atoms with E-state index in [0.717, 1.165) is 43.9 Å². The molecule has 1 saturated heterocycles. The standard InChI is InChI=1S/C17H27NO4S2/c1-11(10-23-12(2)19)14(20)18-13(15(21)22)16(3,4)24-17(18)8-6-5-7-9-17/h11,13H,5-10H2,1-4H3,(H,21,22)/t11-,13-/m1/s1. The normalized spacial score (nSPS) is 26.3. The van der Waals surface area contributed by atoms with Crippen LogP contribution in [0.2, 0.25) is 0 Å². The average molecular weight is 374 g/mol. The average Bonchev–Trinajstić information content (AvgIpc) is 2.71. The van der Waals surface area contributed by atoms with Crippen molar-refractivity contribution < 1.29 is 19.5 Å². The van der Waals surface area contributed by atoms with E-state index < -0.39 is 21.6 Å². The topological polar surface area (TPSA) is 74.7 Å². The molecule has 2 aliphatic rings. The van der Waals surface area contributed by atoms with Crippen LogP contribution < -0.4 is 0 Å². The van der Waals surface area contributed by atoms with Gasteiger partial charge < -0.3 is 10.0 Å². The van der Waals surface area contributed by atoms with E-state index in [1.54, 1.807) is 23.6 Å². The molecule has 0 unspecified atom stereocenters. The molecular formula is C17H27NO4S2. The number of carbonyl (C=O) groups is 3. The second kappa shape index (κ2) is 7.28. The van der Waals surface area contributed by atoms with E-state index in [9.17, 15) is 19.5 Å². The van der Waals surface area contributed by atoms with E-state index in [4.69, 9.17) is 0 Å². The van der Waals surface area contributed by atoms with Crippen molar-refractivity contribution in [3.05, 3.63) is 0 Å². The van der Waals surface area contributed by atoms with Crippen LogP contribution in [0.15, 0.2) is 0 Å². The molecule has 2 fully saturated rings. The largest absolute Gasteiger partial charge is 0.480 e. The van der Waals surface area contributed by atoms with Crippen molar-refractivity contribution in [3.8, 4) is 0 Å². The number of amides is 1. The highest BCUT2D eigenvalue weighted by Crippen LogP contribution is 2.57. The molecule has 7 heteroatoms. The van der Waals surface area contributed by atoms with E-state index in [1.165, 1.54) is 6.92 Å². The number of carbonyl (C=O) groups excluding carboxylic acids is 2. The molecule has 1 aliphatic heterocycles. The Labute approximate surface area is 152 Å². The van der Waals surface area contributed by atoms with Gasteiger partial charge in [0.25, 0.3) is 0 Å². The molecule has 1 saturated carbocycles. The highest BCUT2D eigenvalue weighted by Gasteiger charge is 2.61. The summed E-state index contributed by atoms with van der Waals surface area (Å²) in [5.41, 5.74) is 0. The SMILES string of the molecule is CC(=O)SC[C@@H](C)C(=O)N1[C@H](C(=O)O)C(C)(C)SC12CCCCC2. The molecule has 5 nitrogen and oxygen atoms in total. The Morgan fingerprint density at radius 1 is 1.25 bits per heavy atom. The predicted octanol–water partition coefficient (Wildman–Crippen LogP) is 3.37. The van der Waals surface area contributed by atoms with Gasteiger partial charge >= 0.3 is 5.97 Å². The smallest absolute Gasteiger partial charge is 0.327 e. The van der Waals surface area contributed by atoms with Crippen molar-refractivity contribution in [3.63, 3.8) is 0 Å². The Bertz CT molecular complexity index is 529. The molecule has 2 atom stereocenters. The van der Waals surface area contributed by atoms with Crippen molar-refractivity contribution in [2.75, 3.05) is 5.75 Å². The van der Waals surface area contributed by atoms with Gasteiger partial charge in [-0.05, 0) is 26.7 Å². The second-order valence-electron chi connectivity index (χ2n) is 7.37. The number of hydrogen-bond donors (Lipinski definition) is 1. The molecule has 24 heavy (non-hydrogen) atoms. The Hall–Kier alpha value is -0.690. The first-order chi connectivity index (χ1) is 11.1. The lowest BCUT2D eigenvalue weighted by molar-refractivity contribution is -0.155. The highest BCUT2D eigenvalue weighted by atomic mass is 32.2. The van der Waals surface area contributed by atoms with Gasteiger partial charge in [-0.2, -0.15) is 0 Å². The van der Waals surface area contributed by atoms with Crippen LogP contribution >= 0.6 is 23.5 Å². The summed E-state index contributed by atoms with van der Waals surface area (Å²) in [4.78, 5) is 37.6. The fourth-order valence-electron chi connectivity index (χ4n) is 3.87. The van der Waals surface area contributed by atoms with E-state index in [0.29, 0.717) is 5.75 Å². The lowest BCUT2D eigenvalue weighted by atomic mass is 9.89. The summed E-state index contributed by atoms with van der Waals surface area (Å²) in [5.74, 6) is -1.03. The fraction of sp³-hybridized carbons (Fsp3) is 0.824. The van der Waals surface area contributed by atoms with Crippen LogP contribution in [0.25, 0.3) is 0 Å². The van der Waals surface area contributed by atoms with E-state index in [2.05, 4.69) is 0 Å². The number of hydrogen-bond acceptors (Lipinski definition) is 5. The molecule has 1 aliphatic carbocycles. The summed E-state index contributed by atoms with van der Waals surface area (Å²) in [6.07, 6.45) is 4.89. The molecule has 1 amide bonds. The third-order valence-corrected chi connectivity index (χ3v) is 7.68. The van der Waals surface area contributed by atoms with Crippen LogP contribution in [-0.2, 0) is 14.4 Å². The lowest BCUT2D eigenvalue weighted by Crippen LogP contribution is -2.57. The van der Waals surface area contributed by atoms with Crippen molar-refractivity contribution in [1.82, 2.24) is 4.90 Å². The molecule has 2 rings (SSSR count). The van der Waals surface area contributed by atoms with Crippen LogP contribution in [0.3, 0.4) is 0 Å². The van der Waals surface area contributed by atoms with E-state index in [-0.39, 0.29) is 16.9 Å². The quantitative estimate of drug-likeness (QED) is 0.814. The highest BCUT2D eigenvalue weighted by molar-refractivity contribution is 8.13. The molecule has 0 radical (unpaired) electrons. The van der Waals surface area contributed by atoms with E-state index in [1.807, 2.05) is 13.8 Å². The first kappa shape index (κ1) is 19.6. The molecule has 136 valence electrons. The van der Waals surface area contributed by atoms with Crippen LogP contribution in [0.1, 0.15) is 59.8 Å². The zero-order valence-electron chi connectivity index (χ0n) is 14.8. The van der Waals surface area contributed by atoms with E-state index >= 15 is 0 Å². The first-order valence-corrected chi connectivity index (χ1v) is 10.3. The molecular weight excluding hydrogens is 346 g/mol. The van der Waals surface area contributed by atoms with Gasteiger partial charge in [0.2, 0.25) is 5.91 Å². The Morgan fingerprint density at radius 2 is 1.83 bits per heavy atom. The third kappa shape index (κ3) is 3.77. The van der Waals surface area contributed by atoms with Gasteiger partial charge in [-0.3, -0.25) is 9.59 Å². The molecule has 0 aromatic carbocycles. The maximum atomic E-state index is 13.2. The first-order valence-electron chi connectivity index (χ1n) is 8.50. The molecule has 0 aromatic heterocycles. The van der Waals surface area contributed by atoms with Gasteiger partial charge in [0.1, 0.15) is 6.04 Å². The molecule has 0 aromatic rings. The number of thioether (sulfide) groups is 2. The molecule has 1 heterocycles. The third-order valence-electron chi connectivity index (χ3n) is 4.87. The minimum Gasteiger partial charge on any atom is -0.480 e. The summed E-state index contributed by atoms with van der Waals surface area (Å²) in [7, 11) is 0. The van der Waals surface area contributed by atoms with Crippen molar-refractivity contribution in [2.45, 2.75) is 75.5 Å². The van der Waals surface area contributed by atoms with Crippen molar-refractivity contribution in [2.24, 2.45) is 5.92 Å². The zero-order chi connectivity index (χ0) is 18.1. The van der Waals surface area contributed by atoms with Crippen LogP contribution in [0, 0.1) is 5.92 Å². The van der Waals surface area contributed by atoms with Gasteiger partial charge in [-0.25, -0.2) is 4.79 Å². The van der Waals surface area contributed by atoms with Crippen LogP contribution in [-0.4, -0.2) is 48.4 Å². The van der Waals surface area contributed by atoms with Crippen molar-refractivity contribution >= 4 is 40.5 Å². The van der Waals surface area contributed by atoms with Crippen LogP contribution in [0.4, 0.5) is 0 Å². The number of rotatable bonds is 4. The second-order valence-corrected chi connectivity index (χ2v) is 10.6. The minimum absolute atomic E-state index is 0.0204. The monoisotopic (exact) mass is 373 g/mol. The van der Waals surface area contributed by atoms with Gasteiger partial charge in [0.05, 0.1) is 4.87 Å². The maximum absolute atomic E-state index is 13.2. The van der Waals surface area contributed by atoms with Gasteiger partial charge in [0, 0.05) is 23.3 Å². The van der Waals surface area contributed by atoms with Gasteiger partial charge in [-0.1, -0.05) is 37.9 Å². The zero-order valence-corrected chi connectivity index (χ0v) is 16.5. The molecule has 1 N–H and O–H groups in total. The van der Waals surface area contributed by atoms with Crippen molar-refractivity contribution in [1.29, 1.82) is 0 Å². The summed E-state index contributed by atoms with van der Waals surface area (Å²) < 4.78 is -0.522. The molecule has 0 bridgehead atoms. The minimum atomic E-state index is -0.935. The number of carboxylic acids is 1. The Balaban J connectivity index is 2.33.